The number of fused-ring (bicyclic) bond motifs is 1. The molecule has 0 bridgehead atoms. The predicted octanol–water partition coefficient (Wildman–Crippen LogP) is 4.69. The number of non-ortho nitro benzene ring substituents is 1. The number of anilines is 1. The maximum absolute atomic E-state index is 12.3. The summed E-state index contributed by atoms with van der Waals surface area (Å²) in [7, 11) is 0. The standard InChI is InChI=1S/C23H26N4O3/c1-6-26-21-10-15(2)18(12-20(21)16(3)13-23(26,4)5)14-24-25-22(28)17-8-7-9-19(11-17)27(29)30/h7-14H,6H2,1-5H3,(H,25,28)/b24-14+. The Balaban J connectivity index is 1.84. The monoisotopic (exact) mass is 406 g/mol. The molecule has 0 saturated heterocycles. The molecule has 0 unspecified atom stereocenters. The average Bonchev–Trinajstić information content (AvgIpc) is 2.68. The molecule has 0 spiro atoms. The Morgan fingerprint density at radius 2 is 2.00 bits per heavy atom. The molecule has 2 aromatic rings. The highest BCUT2D eigenvalue weighted by Gasteiger charge is 2.30. The summed E-state index contributed by atoms with van der Waals surface area (Å²) in [6.45, 7) is 11.6. The lowest BCUT2D eigenvalue weighted by atomic mass is 9.87. The minimum atomic E-state index is -0.534. The van der Waals surface area contributed by atoms with Gasteiger partial charge in [0.15, 0.2) is 0 Å². The number of nitro groups is 1. The van der Waals surface area contributed by atoms with E-state index in [0.717, 1.165) is 23.2 Å². The van der Waals surface area contributed by atoms with Crippen LogP contribution in [0, 0.1) is 17.0 Å². The predicted molar refractivity (Wildman–Crippen MR) is 120 cm³/mol. The Morgan fingerprint density at radius 1 is 1.27 bits per heavy atom. The molecule has 0 atom stereocenters. The number of allylic oxidation sites excluding steroid dienone is 1. The highest BCUT2D eigenvalue weighted by molar-refractivity contribution is 5.96. The van der Waals surface area contributed by atoms with E-state index >= 15 is 0 Å². The number of nitro benzene ring substituents is 1. The van der Waals surface area contributed by atoms with Gasteiger partial charge in [-0.2, -0.15) is 5.10 Å². The fourth-order valence-electron chi connectivity index (χ4n) is 3.95. The minimum Gasteiger partial charge on any atom is -0.363 e. The summed E-state index contributed by atoms with van der Waals surface area (Å²) in [5.41, 5.74) is 7.93. The van der Waals surface area contributed by atoms with E-state index in [9.17, 15) is 14.9 Å². The molecule has 7 nitrogen and oxygen atoms in total. The SMILES string of the molecule is CCN1c2cc(C)c(/C=N/NC(=O)c3cccc([N+](=O)[O-])c3)cc2C(C)=CC1(C)C. The molecule has 1 N–H and O–H groups in total. The van der Waals surface area contributed by atoms with Crippen molar-refractivity contribution in [2.24, 2.45) is 5.10 Å². The minimum absolute atomic E-state index is 0.0554. The van der Waals surface area contributed by atoms with Crippen LogP contribution in [0.4, 0.5) is 11.4 Å². The van der Waals surface area contributed by atoms with Crippen LogP contribution in [0.25, 0.3) is 5.57 Å². The van der Waals surface area contributed by atoms with Gasteiger partial charge in [-0.25, -0.2) is 5.43 Å². The van der Waals surface area contributed by atoms with Gasteiger partial charge in [-0.05, 0) is 69.5 Å². The number of nitrogens with zero attached hydrogens (tertiary/aromatic N) is 3. The third-order valence-electron chi connectivity index (χ3n) is 5.37. The third kappa shape index (κ3) is 4.10. The Morgan fingerprint density at radius 3 is 2.67 bits per heavy atom. The maximum atomic E-state index is 12.3. The quantitative estimate of drug-likeness (QED) is 0.443. The van der Waals surface area contributed by atoms with Gasteiger partial charge in [0, 0.05) is 35.5 Å². The number of rotatable bonds is 5. The first-order valence-corrected chi connectivity index (χ1v) is 9.84. The highest BCUT2D eigenvalue weighted by atomic mass is 16.6. The second kappa shape index (κ2) is 8.10. The van der Waals surface area contributed by atoms with E-state index in [1.54, 1.807) is 6.21 Å². The smallest absolute Gasteiger partial charge is 0.271 e. The molecule has 3 rings (SSSR count). The van der Waals surface area contributed by atoms with Crippen molar-refractivity contribution in [1.82, 2.24) is 5.43 Å². The average molecular weight is 406 g/mol. The number of amides is 1. The van der Waals surface area contributed by atoms with Crippen molar-refractivity contribution in [1.29, 1.82) is 0 Å². The first-order valence-electron chi connectivity index (χ1n) is 9.84. The van der Waals surface area contributed by atoms with Crippen molar-refractivity contribution in [2.75, 3.05) is 11.4 Å². The van der Waals surface area contributed by atoms with E-state index in [-0.39, 0.29) is 16.8 Å². The van der Waals surface area contributed by atoms with Crippen molar-refractivity contribution < 1.29 is 9.72 Å². The molecule has 30 heavy (non-hydrogen) atoms. The number of hydrogen-bond donors (Lipinski definition) is 1. The third-order valence-corrected chi connectivity index (χ3v) is 5.37. The van der Waals surface area contributed by atoms with Gasteiger partial charge in [-0.3, -0.25) is 14.9 Å². The first-order chi connectivity index (χ1) is 14.1. The number of aryl methyl sites for hydroxylation is 1. The van der Waals surface area contributed by atoms with Crippen LogP contribution in [0.3, 0.4) is 0 Å². The molecular formula is C23H26N4O3. The number of benzene rings is 2. The molecule has 0 radical (unpaired) electrons. The van der Waals surface area contributed by atoms with Crippen LogP contribution in [0.1, 0.15) is 54.7 Å². The van der Waals surface area contributed by atoms with E-state index in [1.807, 2.05) is 6.92 Å². The molecule has 0 aliphatic carbocycles. The molecule has 1 amide bonds. The zero-order chi connectivity index (χ0) is 22.1. The normalized spacial score (nSPS) is 15.0. The molecule has 1 aliphatic rings. The van der Waals surface area contributed by atoms with Gasteiger partial charge in [-0.15, -0.1) is 0 Å². The van der Waals surface area contributed by atoms with Crippen molar-refractivity contribution in [3.8, 4) is 0 Å². The van der Waals surface area contributed by atoms with Crippen LogP contribution in [0.5, 0.6) is 0 Å². The summed E-state index contributed by atoms with van der Waals surface area (Å²) < 4.78 is 0. The van der Waals surface area contributed by atoms with Gasteiger partial charge in [0.25, 0.3) is 11.6 Å². The van der Waals surface area contributed by atoms with Crippen molar-refractivity contribution >= 4 is 29.1 Å². The van der Waals surface area contributed by atoms with Gasteiger partial charge >= 0.3 is 0 Å². The molecule has 1 aliphatic heterocycles. The van der Waals surface area contributed by atoms with E-state index in [2.05, 4.69) is 61.3 Å². The molecular weight excluding hydrogens is 380 g/mol. The molecule has 0 aromatic heterocycles. The van der Waals surface area contributed by atoms with Crippen LogP contribution in [0.2, 0.25) is 0 Å². The van der Waals surface area contributed by atoms with Gasteiger partial charge in [0.05, 0.1) is 16.7 Å². The van der Waals surface area contributed by atoms with Crippen LogP contribution >= 0.6 is 0 Å². The molecule has 156 valence electrons. The summed E-state index contributed by atoms with van der Waals surface area (Å²) in [5, 5.41) is 14.9. The van der Waals surface area contributed by atoms with Crippen molar-refractivity contribution in [3.05, 3.63) is 74.8 Å². The van der Waals surface area contributed by atoms with Gasteiger partial charge < -0.3 is 4.90 Å². The zero-order valence-electron chi connectivity index (χ0n) is 17.9. The summed E-state index contributed by atoms with van der Waals surface area (Å²) >= 11 is 0. The fraction of sp³-hybridized carbons (Fsp3) is 0.304. The summed E-state index contributed by atoms with van der Waals surface area (Å²) in [6, 6.07) is 9.79. The molecule has 1 heterocycles. The first kappa shape index (κ1) is 21.2. The van der Waals surface area contributed by atoms with Gasteiger partial charge in [-0.1, -0.05) is 12.1 Å². The number of nitrogens with one attached hydrogen (secondary N) is 1. The number of hydrazone groups is 1. The fourth-order valence-corrected chi connectivity index (χ4v) is 3.95. The lowest BCUT2D eigenvalue weighted by Gasteiger charge is -2.43. The van der Waals surface area contributed by atoms with E-state index in [0.29, 0.717) is 0 Å². The Kier molecular flexibility index (Phi) is 5.73. The summed E-state index contributed by atoms with van der Waals surface area (Å²) in [5.74, 6) is -0.499. The van der Waals surface area contributed by atoms with Crippen LogP contribution in [-0.4, -0.2) is 29.1 Å². The second-order valence-electron chi connectivity index (χ2n) is 7.96. The largest absolute Gasteiger partial charge is 0.363 e. The van der Waals surface area contributed by atoms with Crippen molar-refractivity contribution in [2.45, 2.75) is 40.2 Å². The second-order valence-corrected chi connectivity index (χ2v) is 7.96. The van der Waals surface area contributed by atoms with Crippen molar-refractivity contribution in [3.63, 3.8) is 0 Å². The lowest BCUT2D eigenvalue weighted by molar-refractivity contribution is -0.384. The van der Waals surface area contributed by atoms with Crippen LogP contribution < -0.4 is 10.3 Å². The van der Waals surface area contributed by atoms with Gasteiger partial charge in [0.1, 0.15) is 0 Å². The molecule has 0 saturated carbocycles. The number of hydrogen-bond acceptors (Lipinski definition) is 5. The molecule has 7 heteroatoms. The summed E-state index contributed by atoms with van der Waals surface area (Å²) in [4.78, 5) is 25.0. The Labute approximate surface area is 176 Å². The van der Waals surface area contributed by atoms with E-state index in [4.69, 9.17) is 0 Å². The number of likely N-dealkylation sites (N-methyl/N-ethyl adjacent to an activating group) is 1. The summed E-state index contributed by atoms with van der Waals surface area (Å²) in [6.07, 6.45) is 3.87. The molecule has 0 fully saturated rings. The van der Waals surface area contributed by atoms with Crippen LogP contribution in [-0.2, 0) is 0 Å². The van der Waals surface area contributed by atoms with E-state index in [1.165, 1.54) is 35.5 Å². The maximum Gasteiger partial charge on any atom is 0.271 e. The van der Waals surface area contributed by atoms with Crippen LogP contribution in [0.15, 0.2) is 47.6 Å². The topological polar surface area (TPSA) is 87.8 Å². The Bertz CT molecular complexity index is 1070. The lowest BCUT2D eigenvalue weighted by Crippen LogP contribution is -2.45. The van der Waals surface area contributed by atoms with E-state index < -0.39 is 10.8 Å². The zero-order valence-corrected chi connectivity index (χ0v) is 17.9. The molecule has 2 aromatic carbocycles. The number of carbonyl (C=O) groups is 1. The highest BCUT2D eigenvalue weighted by Crippen LogP contribution is 2.39. The van der Waals surface area contributed by atoms with Gasteiger partial charge in [0.2, 0.25) is 0 Å². The Hall–Kier alpha value is -3.48. The number of carbonyl (C=O) groups excluding carboxylic acids is 1.